The molecule has 0 fully saturated rings. The number of aromatic amines is 1. The van der Waals surface area contributed by atoms with Crippen molar-refractivity contribution < 1.29 is 4.79 Å². The summed E-state index contributed by atoms with van der Waals surface area (Å²) in [6.07, 6.45) is 7.02. The minimum Gasteiger partial charge on any atom is -0.332 e. The summed E-state index contributed by atoms with van der Waals surface area (Å²) in [7, 11) is 0. The van der Waals surface area contributed by atoms with Gasteiger partial charge in [-0.3, -0.25) is 14.9 Å². The van der Waals surface area contributed by atoms with Crippen LogP contribution in [0, 0.1) is 6.92 Å². The Morgan fingerprint density at radius 1 is 1.33 bits per heavy atom. The first-order chi connectivity index (χ1) is 13.0. The van der Waals surface area contributed by atoms with Crippen LogP contribution < -0.4 is 10.6 Å². The molecule has 0 saturated carbocycles. The highest BCUT2D eigenvalue weighted by Crippen LogP contribution is 2.27. The number of aryl methyl sites for hydroxylation is 1. The first-order valence-electron chi connectivity index (χ1n) is 8.30. The summed E-state index contributed by atoms with van der Waals surface area (Å²) in [4.78, 5) is 21.3. The minimum atomic E-state index is -0.209. The lowest BCUT2D eigenvalue weighted by Crippen LogP contribution is -2.11. The molecule has 0 spiro atoms. The Morgan fingerprint density at radius 3 is 2.89 bits per heavy atom. The normalized spacial score (nSPS) is 12.3. The zero-order valence-corrected chi connectivity index (χ0v) is 16.1. The van der Waals surface area contributed by atoms with E-state index in [0.29, 0.717) is 10.0 Å². The maximum Gasteiger partial charge on any atom is 0.267 e. The Balaban J connectivity index is 1.78. The van der Waals surface area contributed by atoms with Crippen LogP contribution >= 0.6 is 11.3 Å². The molecule has 138 valence electrons. The number of hydrogen-bond acceptors (Lipinski definition) is 6. The predicted molar refractivity (Wildman–Crippen MR) is 112 cm³/mol. The zero-order valence-electron chi connectivity index (χ0n) is 15.3. The summed E-state index contributed by atoms with van der Waals surface area (Å²) < 4.78 is 0. The van der Waals surface area contributed by atoms with Gasteiger partial charge >= 0.3 is 0 Å². The molecule has 0 saturated heterocycles. The third kappa shape index (κ3) is 4.12. The Hall–Kier alpha value is -3.26. The highest BCUT2D eigenvalue weighted by Gasteiger charge is 2.15. The summed E-state index contributed by atoms with van der Waals surface area (Å²) in [5, 5.41) is 14.6. The number of H-pyrrole nitrogens is 1. The molecule has 0 aliphatic rings. The van der Waals surface area contributed by atoms with E-state index >= 15 is 0 Å². The van der Waals surface area contributed by atoms with E-state index in [9.17, 15) is 4.79 Å². The number of rotatable bonds is 6. The fourth-order valence-corrected chi connectivity index (χ4v) is 3.22. The third-order valence-electron chi connectivity index (χ3n) is 3.98. The maximum atomic E-state index is 12.7. The molecule has 3 aromatic rings. The van der Waals surface area contributed by atoms with E-state index in [1.807, 2.05) is 45.1 Å². The minimum absolute atomic E-state index is 0.209. The van der Waals surface area contributed by atoms with Crippen molar-refractivity contribution in [3.8, 4) is 0 Å². The van der Waals surface area contributed by atoms with E-state index in [2.05, 4.69) is 37.5 Å². The SMILES string of the molecule is C=N/C(C)=C\C(=C/C)Nc1ncc(C(=O)Nc2c(C)ccc3[nH]ncc23)s1. The van der Waals surface area contributed by atoms with E-state index in [-0.39, 0.29) is 5.91 Å². The van der Waals surface area contributed by atoms with Crippen molar-refractivity contribution in [1.29, 1.82) is 0 Å². The fraction of sp³-hybridized carbons (Fsp3) is 0.158. The van der Waals surface area contributed by atoms with Gasteiger partial charge in [-0.25, -0.2) is 4.98 Å². The number of amides is 1. The number of allylic oxidation sites excluding steroid dienone is 3. The molecule has 0 unspecified atom stereocenters. The van der Waals surface area contributed by atoms with Crippen LogP contribution in [0.25, 0.3) is 10.9 Å². The molecule has 2 heterocycles. The van der Waals surface area contributed by atoms with Crippen molar-refractivity contribution in [2.45, 2.75) is 20.8 Å². The number of nitrogens with zero attached hydrogens (tertiary/aromatic N) is 3. The molecule has 0 aliphatic carbocycles. The molecule has 3 N–H and O–H groups in total. The topological polar surface area (TPSA) is 95.1 Å². The Kier molecular flexibility index (Phi) is 5.46. The van der Waals surface area contributed by atoms with Crippen molar-refractivity contribution in [3.05, 3.63) is 58.5 Å². The Bertz CT molecular complexity index is 1060. The van der Waals surface area contributed by atoms with Gasteiger partial charge in [0.1, 0.15) is 4.88 Å². The lowest BCUT2D eigenvalue weighted by Gasteiger charge is -2.08. The molecular weight excluding hydrogens is 360 g/mol. The lowest BCUT2D eigenvalue weighted by molar-refractivity contribution is 0.103. The Morgan fingerprint density at radius 2 is 2.15 bits per heavy atom. The number of nitrogens with one attached hydrogen (secondary N) is 3. The second-order valence-corrected chi connectivity index (χ2v) is 6.92. The van der Waals surface area contributed by atoms with Crippen molar-refractivity contribution in [3.63, 3.8) is 0 Å². The van der Waals surface area contributed by atoms with Crippen molar-refractivity contribution in [2.75, 3.05) is 10.6 Å². The number of carbonyl (C=O) groups is 1. The van der Waals surface area contributed by atoms with Gasteiger partial charge in [0.05, 0.1) is 23.6 Å². The molecule has 2 aromatic heterocycles. The number of fused-ring (bicyclic) bond motifs is 1. The van der Waals surface area contributed by atoms with Crippen LogP contribution in [0.3, 0.4) is 0 Å². The van der Waals surface area contributed by atoms with Gasteiger partial charge in [0, 0.05) is 16.8 Å². The Labute approximate surface area is 160 Å². The number of anilines is 2. The number of thiazole rings is 1. The summed E-state index contributed by atoms with van der Waals surface area (Å²) in [6.45, 7) is 9.21. The molecule has 0 atom stereocenters. The smallest absolute Gasteiger partial charge is 0.267 e. The van der Waals surface area contributed by atoms with Crippen LogP contribution in [0.4, 0.5) is 10.8 Å². The van der Waals surface area contributed by atoms with Gasteiger partial charge in [-0.2, -0.15) is 5.10 Å². The quantitative estimate of drug-likeness (QED) is 0.433. The van der Waals surface area contributed by atoms with E-state index in [1.165, 1.54) is 11.3 Å². The van der Waals surface area contributed by atoms with Gasteiger partial charge in [-0.05, 0) is 45.2 Å². The molecule has 8 heteroatoms. The summed E-state index contributed by atoms with van der Waals surface area (Å²) in [6, 6.07) is 3.88. The second-order valence-electron chi connectivity index (χ2n) is 5.89. The highest BCUT2D eigenvalue weighted by atomic mass is 32.1. The van der Waals surface area contributed by atoms with Crippen LogP contribution in [-0.2, 0) is 0 Å². The van der Waals surface area contributed by atoms with Gasteiger partial charge in [0.2, 0.25) is 0 Å². The summed E-state index contributed by atoms with van der Waals surface area (Å²) >= 11 is 1.28. The second kappa shape index (κ2) is 7.96. The predicted octanol–water partition coefficient (Wildman–Crippen LogP) is 4.50. The molecule has 1 aromatic carbocycles. The molecule has 0 bridgehead atoms. The van der Waals surface area contributed by atoms with Crippen LogP contribution in [0.15, 0.2) is 53.1 Å². The van der Waals surface area contributed by atoms with Gasteiger partial charge in [-0.15, -0.1) is 0 Å². The standard InChI is InChI=1S/C19H20N6OS/c1-5-13(8-12(3)20-4)23-19-21-10-16(27-19)18(26)24-17-11(2)6-7-15-14(17)9-22-25-15/h5-10H,4H2,1-3H3,(H,21,23)(H,22,25)(H,24,26)/b12-8-,13-5+. The van der Waals surface area contributed by atoms with Gasteiger partial charge < -0.3 is 10.6 Å². The van der Waals surface area contributed by atoms with Crippen molar-refractivity contribution in [2.24, 2.45) is 4.99 Å². The third-order valence-corrected chi connectivity index (χ3v) is 4.89. The lowest BCUT2D eigenvalue weighted by atomic mass is 10.1. The molecule has 0 aliphatic heterocycles. The van der Waals surface area contributed by atoms with Gasteiger partial charge in [0.15, 0.2) is 5.13 Å². The van der Waals surface area contributed by atoms with E-state index in [0.717, 1.165) is 33.5 Å². The average molecular weight is 380 g/mol. The van der Waals surface area contributed by atoms with E-state index < -0.39 is 0 Å². The van der Waals surface area contributed by atoms with Crippen molar-refractivity contribution >= 4 is 45.7 Å². The molecule has 0 radical (unpaired) electrons. The number of benzene rings is 1. The van der Waals surface area contributed by atoms with E-state index in [4.69, 9.17) is 0 Å². The van der Waals surface area contributed by atoms with Crippen LogP contribution in [-0.4, -0.2) is 27.8 Å². The number of hydrogen-bond donors (Lipinski definition) is 3. The summed E-state index contributed by atoms with van der Waals surface area (Å²) in [5.74, 6) is -0.209. The van der Waals surface area contributed by atoms with E-state index in [1.54, 1.807) is 12.4 Å². The van der Waals surface area contributed by atoms with Crippen LogP contribution in [0.2, 0.25) is 0 Å². The number of aliphatic imine (C=N–C) groups is 1. The van der Waals surface area contributed by atoms with Crippen LogP contribution in [0.1, 0.15) is 29.1 Å². The molecule has 3 rings (SSSR count). The van der Waals surface area contributed by atoms with Gasteiger partial charge in [-0.1, -0.05) is 23.5 Å². The molecule has 7 nitrogen and oxygen atoms in total. The van der Waals surface area contributed by atoms with Crippen LogP contribution in [0.5, 0.6) is 0 Å². The zero-order chi connectivity index (χ0) is 19.4. The number of aromatic nitrogens is 3. The molecule has 1 amide bonds. The largest absolute Gasteiger partial charge is 0.332 e. The molecule has 27 heavy (non-hydrogen) atoms. The monoisotopic (exact) mass is 380 g/mol. The first-order valence-corrected chi connectivity index (χ1v) is 9.11. The van der Waals surface area contributed by atoms with Gasteiger partial charge in [0.25, 0.3) is 5.91 Å². The van der Waals surface area contributed by atoms with Crippen molar-refractivity contribution in [1.82, 2.24) is 15.2 Å². The summed E-state index contributed by atoms with van der Waals surface area (Å²) in [5.41, 5.74) is 4.21. The fourth-order valence-electron chi connectivity index (χ4n) is 2.49. The highest BCUT2D eigenvalue weighted by molar-refractivity contribution is 7.17. The maximum absolute atomic E-state index is 12.7. The number of carbonyl (C=O) groups excluding carboxylic acids is 1. The first kappa shape index (κ1) is 18.5. The average Bonchev–Trinajstić information content (AvgIpc) is 3.32. The molecular formula is C19H20N6OS.